The smallest absolute Gasteiger partial charge is 0.269 e. The van der Waals surface area contributed by atoms with Gasteiger partial charge in [-0.3, -0.25) is 4.79 Å². The van der Waals surface area contributed by atoms with Crippen molar-refractivity contribution in [2.24, 2.45) is 0 Å². The van der Waals surface area contributed by atoms with Crippen molar-refractivity contribution in [3.05, 3.63) is 58.0 Å². The Balaban J connectivity index is 1.82. The Kier molecular flexibility index (Phi) is 3.69. The predicted molar refractivity (Wildman–Crippen MR) is 80.2 cm³/mol. The van der Waals surface area contributed by atoms with Gasteiger partial charge in [0, 0.05) is 19.2 Å². The lowest BCUT2D eigenvalue weighted by Gasteiger charge is -2.17. The Hall–Kier alpha value is -2.61. The third-order valence-corrected chi connectivity index (χ3v) is 3.71. The third-order valence-electron chi connectivity index (χ3n) is 3.71. The number of hydrogen-bond acceptors (Lipinski definition) is 4. The van der Waals surface area contributed by atoms with Crippen LogP contribution < -0.4 is 10.5 Å². The van der Waals surface area contributed by atoms with Crippen molar-refractivity contribution in [2.75, 3.05) is 18.0 Å². The minimum atomic E-state index is -0.109. The van der Waals surface area contributed by atoms with Crippen LogP contribution in [0.4, 0.5) is 5.69 Å². The normalized spacial score (nSPS) is 14.1. The number of rotatable bonds is 3. The average molecular weight is 280 g/mol. The summed E-state index contributed by atoms with van der Waals surface area (Å²) >= 11 is 0. The summed E-state index contributed by atoms with van der Waals surface area (Å²) in [7, 11) is 0. The minimum absolute atomic E-state index is 0.109. The van der Waals surface area contributed by atoms with Gasteiger partial charge in [0.15, 0.2) is 0 Å². The van der Waals surface area contributed by atoms with E-state index in [9.17, 15) is 4.79 Å². The first-order valence-electron chi connectivity index (χ1n) is 7.07. The molecular weight excluding hydrogens is 264 g/mol. The number of nitrogens with zero attached hydrogens (tertiary/aromatic N) is 4. The molecule has 0 aliphatic carbocycles. The van der Waals surface area contributed by atoms with Crippen LogP contribution in [0.5, 0.6) is 0 Å². The quantitative estimate of drug-likeness (QED) is 0.859. The fraction of sp³-hybridized carbons (Fsp3) is 0.312. The summed E-state index contributed by atoms with van der Waals surface area (Å²) < 4.78 is 1.43. The van der Waals surface area contributed by atoms with Crippen LogP contribution >= 0.6 is 0 Å². The Morgan fingerprint density at radius 1 is 1.24 bits per heavy atom. The number of aromatic nitrogens is 2. The first kappa shape index (κ1) is 13.4. The molecule has 0 amide bonds. The van der Waals surface area contributed by atoms with Crippen molar-refractivity contribution in [3.63, 3.8) is 0 Å². The van der Waals surface area contributed by atoms with Gasteiger partial charge in [-0.2, -0.15) is 10.4 Å². The fourth-order valence-corrected chi connectivity index (χ4v) is 2.60. The molecule has 0 saturated carbocycles. The van der Waals surface area contributed by atoms with E-state index in [0.29, 0.717) is 12.1 Å². The van der Waals surface area contributed by atoms with Gasteiger partial charge in [-0.1, -0.05) is 12.1 Å². The van der Waals surface area contributed by atoms with Gasteiger partial charge in [-0.25, -0.2) is 4.68 Å². The SMILES string of the molecule is N#Cc1cccc(Cn2ncc(N3CCCC3)cc2=O)c1. The fourth-order valence-electron chi connectivity index (χ4n) is 2.60. The minimum Gasteiger partial charge on any atom is -0.370 e. The van der Waals surface area contributed by atoms with Crippen LogP contribution in [0.15, 0.2) is 41.3 Å². The van der Waals surface area contributed by atoms with Gasteiger partial charge in [0.1, 0.15) is 0 Å². The second kappa shape index (κ2) is 5.80. The highest BCUT2D eigenvalue weighted by Crippen LogP contribution is 2.17. The van der Waals surface area contributed by atoms with Crippen molar-refractivity contribution >= 4 is 5.69 Å². The predicted octanol–water partition coefficient (Wildman–Crippen LogP) is 1.76. The van der Waals surface area contributed by atoms with Gasteiger partial charge in [-0.05, 0) is 30.5 Å². The Bertz CT molecular complexity index is 738. The standard InChI is InChI=1S/C16H16N4O/c17-10-13-4-3-5-14(8-13)12-20-16(21)9-15(11-18-20)19-6-1-2-7-19/h3-5,8-9,11H,1-2,6-7,12H2. The molecule has 21 heavy (non-hydrogen) atoms. The summed E-state index contributed by atoms with van der Waals surface area (Å²) in [5.41, 5.74) is 2.29. The van der Waals surface area contributed by atoms with Gasteiger partial charge < -0.3 is 4.90 Å². The molecule has 2 heterocycles. The molecule has 0 spiro atoms. The molecule has 3 rings (SSSR count). The van der Waals surface area contributed by atoms with Crippen molar-refractivity contribution in [3.8, 4) is 6.07 Å². The zero-order valence-corrected chi connectivity index (χ0v) is 11.7. The molecular formula is C16H16N4O. The molecule has 0 bridgehead atoms. The summed E-state index contributed by atoms with van der Waals surface area (Å²) in [6.07, 6.45) is 4.09. The highest BCUT2D eigenvalue weighted by molar-refractivity contribution is 5.43. The van der Waals surface area contributed by atoms with Crippen molar-refractivity contribution in [1.29, 1.82) is 5.26 Å². The van der Waals surface area contributed by atoms with Gasteiger partial charge >= 0.3 is 0 Å². The highest BCUT2D eigenvalue weighted by Gasteiger charge is 2.13. The van der Waals surface area contributed by atoms with E-state index in [1.54, 1.807) is 24.4 Å². The molecule has 1 aliphatic heterocycles. The van der Waals surface area contributed by atoms with Gasteiger partial charge in [0.25, 0.3) is 5.56 Å². The zero-order chi connectivity index (χ0) is 14.7. The van der Waals surface area contributed by atoms with Crippen LogP contribution in [-0.4, -0.2) is 22.9 Å². The summed E-state index contributed by atoms with van der Waals surface area (Å²) in [4.78, 5) is 14.4. The van der Waals surface area contributed by atoms with E-state index >= 15 is 0 Å². The van der Waals surface area contributed by atoms with Crippen LogP contribution in [0.2, 0.25) is 0 Å². The average Bonchev–Trinajstić information content (AvgIpc) is 3.04. The summed E-state index contributed by atoms with van der Waals surface area (Å²) in [5, 5.41) is 13.2. The molecule has 0 unspecified atom stereocenters. The highest BCUT2D eigenvalue weighted by atomic mass is 16.1. The second-order valence-electron chi connectivity index (χ2n) is 5.22. The van der Waals surface area contributed by atoms with Crippen LogP contribution in [0.3, 0.4) is 0 Å². The molecule has 106 valence electrons. The lowest BCUT2D eigenvalue weighted by atomic mass is 10.1. The van der Waals surface area contributed by atoms with E-state index in [-0.39, 0.29) is 5.56 Å². The number of hydrogen-bond donors (Lipinski definition) is 0. The van der Waals surface area contributed by atoms with E-state index in [1.165, 1.54) is 17.5 Å². The second-order valence-corrected chi connectivity index (χ2v) is 5.22. The van der Waals surface area contributed by atoms with Gasteiger partial charge in [0.05, 0.1) is 30.1 Å². The molecule has 1 aromatic heterocycles. The molecule has 1 fully saturated rings. The molecule has 5 heteroatoms. The lowest BCUT2D eigenvalue weighted by molar-refractivity contribution is 0.637. The van der Waals surface area contributed by atoms with Gasteiger partial charge in [-0.15, -0.1) is 0 Å². The monoisotopic (exact) mass is 280 g/mol. The van der Waals surface area contributed by atoms with Crippen LogP contribution in [0.25, 0.3) is 0 Å². The summed E-state index contributed by atoms with van der Waals surface area (Å²) in [5.74, 6) is 0. The number of nitriles is 1. The Morgan fingerprint density at radius 2 is 2.05 bits per heavy atom. The maximum Gasteiger partial charge on any atom is 0.269 e. The van der Waals surface area contributed by atoms with E-state index in [1.807, 2.05) is 12.1 Å². The first-order valence-corrected chi connectivity index (χ1v) is 7.07. The molecule has 1 aliphatic rings. The van der Waals surface area contributed by atoms with E-state index < -0.39 is 0 Å². The molecule has 5 nitrogen and oxygen atoms in total. The first-order chi connectivity index (χ1) is 10.3. The third kappa shape index (κ3) is 2.95. The number of anilines is 1. The maximum absolute atomic E-state index is 12.2. The van der Waals surface area contributed by atoms with Crippen molar-refractivity contribution < 1.29 is 0 Å². The maximum atomic E-state index is 12.2. The van der Waals surface area contributed by atoms with E-state index in [2.05, 4.69) is 16.1 Å². The summed E-state index contributed by atoms with van der Waals surface area (Å²) in [6.45, 7) is 2.37. The van der Waals surface area contributed by atoms with Crippen LogP contribution in [0, 0.1) is 11.3 Å². The Morgan fingerprint density at radius 3 is 2.76 bits per heavy atom. The van der Waals surface area contributed by atoms with Crippen molar-refractivity contribution in [1.82, 2.24) is 9.78 Å². The van der Waals surface area contributed by atoms with E-state index in [0.717, 1.165) is 24.3 Å². The van der Waals surface area contributed by atoms with E-state index in [4.69, 9.17) is 5.26 Å². The lowest BCUT2D eigenvalue weighted by Crippen LogP contribution is -2.26. The zero-order valence-electron chi connectivity index (χ0n) is 11.7. The largest absolute Gasteiger partial charge is 0.370 e. The molecule has 0 N–H and O–H groups in total. The molecule has 2 aromatic rings. The molecule has 0 radical (unpaired) electrons. The topological polar surface area (TPSA) is 61.9 Å². The summed E-state index contributed by atoms with van der Waals surface area (Å²) in [6, 6.07) is 11.0. The van der Waals surface area contributed by atoms with Crippen molar-refractivity contribution in [2.45, 2.75) is 19.4 Å². The van der Waals surface area contributed by atoms with Crippen LogP contribution in [0.1, 0.15) is 24.0 Å². The van der Waals surface area contributed by atoms with Crippen LogP contribution in [-0.2, 0) is 6.54 Å². The number of benzene rings is 1. The molecule has 1 saturated heterocycles. The molecule has 0 atom stereocenters. The molecule has 1 aromatic carbocycles. The van der Waals surface area contributed by atoms with Gasteiger partial charge in [0.2, 0.25) is 0 Å². The Labute approximate surface area is 123 Å².